The van der Waals surface area contributed by atoms with E-state index in [1.807, 2.05) is 68.3 Å². The zero-order valence-corrected chi connectivity index (χ0v) is 25.1. The van der Waals surface area contributed by atoms with Gasteiger partial charge in [-0.05, 0) is 100 Å². The molecule has 0 saturated carbocycles. The summed E-state index contributed by atoms with van der Waals surface area (Å²) in [5.41, 5.74) is 11.3. The van der Waals surface area contributed by atoms with Gasteiger partial charge >= 0.3 is 0 Å². The number of ether oxygens (including phenoxy) is 4. The van der Waals surface area contributed by atoms with Crippen LogP contribution in [-0.4, -0.2) is 49.9 Å². The van der Waals surface area contributed by atoms with E-state index in [1.54, 1.807) is 13.2 Å². The molecular formula is C34H41N3O5. The van der Waals surface area contributed by atoms with Crippen molar-refractivity contribution in [2.45, 2.75) is 65.3 Å². The largest absolute Gasteiger partial charge is 0.496 e. The highest BCUT2D eigenvalue weighted by molar-refractivity contribution is 6.03. The van der Waals surface area contributed by atoms with E-state index in [1.165, 1.54) is 0 Å². The average Bonchev–Trinajstić information content (AvgIpc) is 3.41. The van der Waals surface area contributed by atoms with Crippen molar-refractivity contribution in [3.8, 4) is 28.7 Å². The Balaban J connectivity index is 1.02. The molecule has 2 aliphatic rings. The van der Waals surface area contributed by atoms with E-state index in [2.05, 4.69) is 4.99 Å². The zero-order chi connectivity index (χ0) is 29.6. The molecule has 1 saturated heterocycles. The number of nitrogen functional groups attached to an aromatic ring is 1. The minimum atomic E-state index is 0.0761. The molecule has 0 radical (unpaired) electrons. The molecule has 1 amide bonds. The molecule has 0 spiro atoms. The summed E-state index contributed by atoms with van der Waals surface area (Å²) >= 11 is 0. The Morgan fingerprint density at radius 1 is 0.881 bits per heavy atom. The van der Waals surface area contributed by atoms with E-state index in [9.17, 15) is 4.79 Å². The molecule has 0 aliphatic carbocycles. The fraction of sp³-hybridized carbons (Fsp3) is 0.412. The van der Waals surface area contributed by atoms with Gasteiger partial charge in [-0.15, -0.1) is 0 Å². The number of fused-ring (bicyclic) bond motifs is 2. The van der Waals surface area contributed by atoms with Crippen LogP contribution in [0.3, 0.4) is 0 Å². The molecule has 1 atom stereocenters. The van der Waals surface area contributed by atoms with Crippen LogP contribution in [0, 0.1) is 20.8 Å². The number of nitrogens with two attached hydrogens (primary N) is 1. The third-order valence-corrected chi connectivity index (χ3v) is 8.06. The Kier molecular flexibility index (Phi) is 9.20. The number of unbranched alkanes of at least 4 members (excludes halogenated alkanes) is 3. The lowest BCUT2D eigenvalue weighted by molar-refractivity contribution is 0.0774. The summed E-state index contributed by atoms with van der Waals surface area (Å²) in [6.07, 6.45) is 7.88. The van der Waals surface area contributed by atoms with Crippen LogP contribution < -0.4 is 24.7 Å². The van der Waals surface area contributed by atoms with E-state index in [-0.39, 0.29) is 11.9 Å². The van der Waals surface area contributed by atoms with Crippen molar-refractivity contribution in [3.63, 3.8) is 0 Å². The summed E-state index contributed by atoms with van der Waals surface area (Å²) in [5, 5.41) is 0. The number of aryl methyl sites for hydroxylation is 2. The molecule has 3 aromatic rings. The molecule has 5 rings (SSSR count). The molecule has 0 unspecified atom stereocenters. The Morgan fingerprint density at radius 2 is 1.67 bits per heavy atom. The van der Waals surface area contributed by atoms with Crippen LogP contribution >= 0.6 is 0 Å². The highest BCUT2D eigenvalue weighted by Crippen LogP contribution is 2.36. The number of carbonyl (C=O) groups excluding carboxylic acids is 1. The smallest absolute Gasteiger partial charge is 0.256 e. The predicted molar refractivity (Wildman–Crippen MR) is 166 cm³/mol. The lowest BCUT2D eigenvalue weighted by Gasteiger charge is -2.20. The third-order valence-electron chi connectivity index (χ3n) is 8.06. The molecule has 0 aromatic heterocycles. The number of carbonyl (C=O) groups is 1. The van der Waals surface area contributed by atoms with Gasteiger partial charge < -0.3 is 29.6 Å². The maximum atomic E-state index is 13.0. The van der Waals surface area contributed by atoms with Crippen LogP contribution in [0.4, 0.5) is 11.4 Å². The quantitative estimate of drug-likeness (QED) is 0.181. The number of methoxy groups -OCH3 is 1. The second-order valence-electron chi connectivity index (χ2n) is 11.1. The second-order valence-corrected chi connectivity index (χ2v) is 11.1. The Bertz CT molecular complexity index is 1470. The van der Waals surface area contributed by atoms with Crippen LogP contribution in [0.15, 0.2) is 47.5 Å². The number of amides is 1. The first-order valence-corrected chi connectivity index (χ1v) is 14.8. The van der Waals surface area contributed by atoms with Crippen molar-refractivity contribution >= 4 is 23.5 Å². The minimum absolute atomic E-state index is 0.0761. The van der Waals surface area contributed by atoms with Crippen molar-refractivity contribution < 1.29 is 23.7 Å². The van der Waals surface area contributed by atoms with E-state index in [0.29, 0.717) is 41.7 Å². The first-order chi connectivity index (χ1) is 20.3. The van der Waals surface area contributed by atoms with E-state index in [0.717, 1.165) is 79.0 Å². The molecule has 2 N–H and O–H groups in total. The number of aliphatic imine (C=N–C) groups is 1. The van der Waals surface area contributed by atoms with Crippen molar-refractivity contribution in [2.75, 3.05) is 32.6 Å². The Morgan fingerprint density at radius 3 is 2.43 bits per heavy atom. The van der Waals surface area contributed by atoms with Crippen molar-refractivity contribution in [3.05, 3.63) is 64.7 Å². The highest BCUT2D eigenvalue weighted by Gasteiger charge is 2.32. The maximum absolute atomic E-state index is 13.0. The van der Waals surface area contributed by atoms with Crippen LogP contribution in [0.25, 0.3) is 0 Å². The maximum Gasteiger partial charge on any atom is 0.256 e. The van der Waals surface area contributed by atoms with Gasteiger partial charge in [-0.1, -0.05) is 0 Å². The molecule has 8 heteroatoms. The molecule has 2 aliphatic heterocycles. The molecule has 42 heavy (non-hydrogen) atoms. The van der Waals surface area contributed by atoms with Gasteiger partial charge in [-0.25, -0.2) is 0 Å². The molecule has 2 heterocycles. The highest BCUT2D eigenvalue weighted by atomic mass is 16.5. The van der Waals surface area contributed by atoms with Gasteiger partial charge in [0, 0.05) is 31.0 Å². The minimum Gasteiger partial charge on any atom is -0.496 e. The van der Waals surface area contributed by atoms with Crippen LogP contribution in [-0.2, 0) is 0 Å². The van der Waals surface area contributed by atoms with Gasteiger partial charge in [0.15, 0.2) is 5.75 Å². The Labute approximate surface area is 248 Å². The van der Waals surface area contributed by atoms with Crippen molar-refractivity contribution in [1.29, 1.82) is 0 Å². The summed E-state index contributed by atoms with van der Waals surface area (Å²) in [7, 11) is 1.65. The fourth-order valence-corrected chi connectivity index (χ4v) is 5.46. The number of anilines is 1. The van der Waals surface area contributed by atoms with Crippen LogP contribution in [0.1, 0.15) is 65.6 Å². The number of hydrogen-bond acceptors (Lipinski definition) is 7. The average molecular weight is 572 g/mol. The Hall–Kier alpha value is -4.20. The summed E-state index contributed by atoms with van der Waals surface area (Å²) in [4.78, 5) is 19.5. The van der Waals surface area contributed by atoms with E-state index in [4.69, 9.17) is 24.7 Å². The first kappa shape index (κ1) is 29.3. The van der Waals surface area contributed by atoms with Crippen LogP contribution in [0.5, 0.6) is 28.7 Å². The molecule has 1 fully saturated rings. The standard InChI is InChI=1S/C34H41N3O5/c1-22-16-27(19-33(39-4)24(22)3)42-31-12-11-26(18-29(31)35)40-14-7-5-6-8-15-41-32-20-30-28(17-23(32)2)34(38)37-13-9-10-25(37)21-36-30/h11-12,16-21,25H,5-10,13-15,35H2,1-4H3/t25-/m0/s1. The number of rotatable bonds is 12. The molecule has 222 valence electrons. The molecule has 3 aromatic carbocycles. The number of hydrogen-bond donors (Lipinski definition) is 1. The van der Waals surface area contributed by atoms with E-state index < -0.39 is 0 Å². The van der Waals surface area contributed by atoms with Gasteiger partial charge in [-0.2, -0.15) is 0 Å². The number of nitrogens with zero attached hydrogens (tertiary/aromatic N) is 2. The van der Waals surface area contributed by atoms with Gasteiger partial charge in [-0.3, -0.25) is 9.79 Å². The fourth-order valence-electron chi connectivity index (χ4n) is 5.46. The van der Waals surface area contributed by atoms with E-state index >= 15 is 0 Å². The molecular weight excluding hydrogens is 530 g/mol. The van der Waals surface area contributed by atoms with Gasteiger partial charge in [0.1, 0.15) is 23.0 Å². The normalized spacial score (nSPS) is 15.7. The van der Waals surface area contributed by atoms with Crippen molar-refractivity contribution in [1.82, 2.24) is 4.90 Å². The summed E-state index contributed by atoms with van der Waals surface area (Å²) in [6, 6.07) is 13.3. The van der Waals surface area contributed by atoms with Crippen molar-refractivity contribution in [2.24, 2.45) is 4.99 Å². The topological polar surface area (TPSA) is 95.6 Å². The summed E-state index contributed by atoms with van der Waals surface area (Å²) in [5.74, 6) is 3.64. The zero-order valence-electron chi connectivity index (χ0n) is 25.1. The van der Waals surface area contributed by atoms with Crippen LogP contribution in [0.2, 0.25) is 0 Å². The number of benzene rings is 3. The van der Waals surface area contributed by atoms with Gasteiger partial charge in [0.2, 0.25) is 0 Å². The monoisotopic (exact) mass is 571 g/mol. The summed E-state index contributed by atoms with van der Waals surface area (Å²) < 4.78 is 23.5. The lowest BCUT2D eigenvalue weighted by atomic mass is 10.1. The molecule has 0 bridgehead atoms. The second kappa shape index (κ2) is 13.2. The molecule has 8 nitrogen and oxygen atoms in total. The first-order valence-electron chi connectivity index (χ1n) is 14.8. The van der Waals surface area contributed by atoms with Gasteiger partial charge in [0.25, 0.3) is 5.91 Å². The predicted octanol–water partition coefficient (Wildman–Crippen LogP) is 7.33. The third kappa shape index (κ3) is 6.64. The lowest BCUT2D eigenvalue weighted by Crippen LogP contribution is -2.35. The SMILES string of the molecule is COc1cc(Oc2ccc(OCCCCCCOc3cc4c(cc3C)C(=O)N3CCC[C@H]3C=N4)cc2N)cc(C)c1C. The summed E-state index contributed by atoms with van der Waals surface area (Å²) in [6.45, 7) is 8.07. The van der Waals surface area contributed by atoms with Gasteiger partial charge in [0.05, 0.1) is 43.3 Å².